The summed E-state index contributed by atoms with van der Waals surface area (Å²) in [6, 6.07) is 5.17. The van der Waals surface area contributed by atoms with Crippen LogP contribution in [-0.2, 0) is 18.0 Å². The van der Waals surface area contributed by atoms with E-state index >= 15 is 0 Å². The molecule has 2 saturated heterocycles. The lowest BCUT2D eigenvalue weighted by atomic mass is 9.96. The van der Waals surface area contributed by atoms with Crippen molar-refractivity contribution in [2.24, 2.45) is 13.0 Å². The molecule has 18 heteroatoms. The Hall–Kier alpha value is -5.03. The number of alkyl halides is 3. The molecular formula is C31H31ClF4N10O3. The fourth-order valence-corrected chi connectivity index (χ4v) is 6.21. The second-order valence-corrected chi connectivity index (χ2v) is 12.1. The van der Waals surface area contributed by atoms with Crippen molar-refractivity contribution in [2.75, 3.05) is 50.3 Å². The van der Waals surface area contributed by atoms with Crippen molar-refractivity contribution < 1.29 is 31.9 Å². The van der Waals surface area contributed by atoms with Crippen molar-refractivity contribution >= 4 is 40.8 Å². The molecule has 5 heterocycles. The van der Waals surface area contributed by atoms with Gasteiger partial charge in [0.05, 0.1) is 34.2 Å². The van der Waals surface area contributed by atoms with Gasteiger partial charge in [-0.05, 0) is 44.1 Å². The summed E-state index contributed by atoms with van der Waals surface area (Å²) in [7, 11) is 1.34. The number of pyridine rings is 1. The van der Waals surface area contributed by atoms with Crippen molar-refractivity contribution in [3.63, 3.8) is 0 Å². The first-order chi connectivity index (χ1) is 23.3. The number of rotatable bonds is 6. The fraction of sp³-hybridized carbons (Fsp3) is 0.355. The molecule has 3 aromatic heterocycles. The molecule has 2 fully saturated rings. The molecule has 2 aliphatic heterocycles. The molecule has 6 rings (SSSR count). The van der Waals surface area contributed by atoms with Crippen molar-refractivity contribution in [2.45, 2.75) is 19.0 Å². The maximum absolute atomic E-state index is 14.5. The van der Waals surface area contributed by atoms with Crippen LogP contribution in [0.15, 0.2) is 42.9 Å². The van der Waals surface area contributed by atoms with Gasteiger partial charge in [0, 0.05) is 57.1 Å². The van der Waals surface area contributed by atoms with Gasteiger partial charge in [0.1, 0.15) is 11.5 Å². The third-order valence-corrected chi connectivity index (χ3v) is 8.89. The number of hydrogen-bond acceptors (Lipinski definition) is 8. The Balaban J connectivity index is 1.14. The molecule has 258 valence electrons. The number of nitrogens with zero attached hydrogens (tertiary/aromatic N) is 7. The zero-order valence-corrected chi connectivity index (χ0v) is 26.9. The van der Waals surface area contributed by atoms with Gasteiger partial charge in [-0.25, -0.2) is 19.0 Å². The maximum atomic E-state index is 14.5. The average molecular weight is 703 g/mol. The quantitative estimate of drug-likeness (QED) is 0.258. The topological polar surface area (TPSA) is 156 Å². The smallest absolute Gasteiger partial charge is 0.384 e. The molecular weight excluding hydrogens is 672 g/mol. The zero-order valence-electron chi connectivity index (χ0n) is 26.1. The largest absolute Gasteiger partial charge is 0.435 e. The molecule has 0 spiro atoms. The molecule has 49 heavy (non-hydrogen) atoms. The van der Waals surface area contributed by atoms with E-state index in [0.717, 1.165) is 55.2 Å². The van der Waals surface area contributed by atoms with Crippen molar-refractivity contribution in [3.8, 4) is 16.9 Å². The first-order valence-corrected chi connectivity index (χ1v) is 15.7. The average Bonchev–Trinajstić information content (AvgIpc) is 3.68. The highest BCUT2D eigenvalue weighted by molar-refractivity contribution is 6.34. The molecule has 2 aliphatic rings. The van der Waals surface area contributed by atoms with Gasteiger partial charge in [-0.3, -0.25) is 14.4 Å². The zero-order chi connectivity index (χ0) is 35.0. The second-order valence-electron chi connectivity index (χ2n) is 11.7. The number of nitrogen functional groups attached to an aromatic ring is 1. The Morgan fingerprint density at radius 1 is 1.02 bits per heavy atom. The number of nitrogens with two attached hydrogens (primary N) is 1. The van der Waals surface area contributed by atoms with Crippen LogP contribution in [0.25, 0.3) is 16.9 Å². The molecule has 0 unspecified atom stereocenters. The third-order valence-electron chi connectivity index (χ3n) is 8.58. The van der Waals surface area contributed by atoms with Crippen LogP contribution < -0.4 is 16.4 Å². The first kappa shape index (κ1) is 33.9. The molecule has 0 saturated carbocycles. The van der Waals surface area contributed by atoms with Crippen LogP contribution in [0.2, 0.25) is 5.02 Å². The number of piperazine rings is 1. The minimum Gasteiger partial charge on any atom is -0.384 e. The van der Waals surface area contributed by atoms with E-state index in [1.54, 1.807) is 9.80 Å². The number of amides is 3. The van der Waals surface area contributed by atoms with Gasteiger partial charge in [0.2, 0.25) is 5.91 Å². The number of aromatic nitrogens is 5. The van der Waals surface area contributed by atoms with Gasteiger partial charge in [-0.2, -0.15) is 18.3 Å². The first-order valence-electron chi connectivity index (χ1n) is 15.3. The molecule has 0 bridgehead atoms. The van der Waals surface area contributed by atoms with Gasteiger partial charge in [-0.15, -0.1) is 0 Å². The molecule has 13 nitrogen and oxygen atoms in total. The lowest BCUT2D eigenvalue weighted by Crippen LogP contribution is -2.52. The number of nitrogens with one attached hydrogen (secondary N) is 2. The lowest BCUT2D eigenvalue weighted by Gasteiger charge is -2.37. The van der Waals surface area contributed by atoms with Crippen LogP contribution in [0.3, 0.4) is 0 Å². The summed E-state index contributed by atoms with van der Waals surface area (Å²) in [5.74, 6) is -2.32. The van der Waals surface area contributed by atoms with Gasteiger partial charge in [0.15, 0.2) is 17.3 Å². The summed E-state index contributed by atoms with van der Waals surface area (Å²) < 4.78 is 58.3. The number of hydrogen-bond donors (Lipinski definition) is 3. The number of carbonyl (C=O) groups is 3. The Morgan fingerprint density at radius 2 is 1.71 bits per heavy atom. The standard InChI is InChI=1S/C31H31ClF4N10O3/c1-43-23(20-16-46(42-26(20)31(34,35)36)24-15-39-25(37)13-22(24)33)14-40-27(43)28(47)41-18-2-3-19(21(32)12-18)30(49)45-10-8-44(9-11-45)29(48)17-4-6-38-7-5-17/h2-3,12-17,38H,4-11H2,1H3,(H2,37,39)(H,41,47). The van der Waals surface area contributed by atoms with Crippen LogP contribution in [0.4, 0.5) is 29.1 Å². The van der Waals surface area contributed by atoms with Gasteiger partial charge in [0.25, 0.3) is 11.8 Å². The number of piperidine rings is 1. The number of imidazole rings is 1. The van der Waals surface area contributed by atoms with Crippen LogP contribution in [-0.4, -0.2) is 91.1 Å². The Bertz CT molecular complexity index is 1910. The van der Waals surface area contributed by atoms with E-state index in [4.69, 9.17) is 17.3 Å². The number of anilines is 2. The SMILES string of the molecule is Cn1c(-c2cn(-c3cnc(N)cc3F)nc2C(F)(F)F)cnc1C(=O)Nc1ccc(C(=O)N2CCN(C(=O)C3CCNCC3)CC2)c(Cl)c1. The summed E-state index contributed by atoms with van der Waals surface area (Å²) >= 11 is 6.46. The molecule has 1 aromatic carbocycles. The predicted molar refractivity (Wildman–Crippen MR) is 170 cm³/mol. The molecule has 4 N–H and O–H groups in total. The van der Waals surface area contributed by atoms with E-state index in [2.05, 4.69) is 25.7 Å². The summed E-state index contributed by atoms with van der Waals surface area (Å²) in [6.45, 7) is 3.18. The van der Waals surface area contributed by atoms with Crippen LogP contribution in [0.1, 0.15) is 39.5 Å². The van der Waals surface area contributed by atoms with Crippen LogP contribution in [0.5, 0.6) is 0 Å². The van der Waals surface area contributed by atoms with Gasteiger partial charge in [-0.1, -0.05) is 11.6 Å². The number of carbonyl (C=O) groups excluding carboxylic acids is 3. The lowest BCUT2D eigenvalue weighted by molar-refractivity contribution is -0.141. The van der Waals surface area contributed by atoms with E-state index in [9.17, 15) is 31.9 Å². The summed E-state index contributed by atoms with van der Waals surface area (Å²) in [5, 5.41) is 9.46. The monoisotopic (exact) mass is 702 g/mol. The Morgan fingerprint density at radius 3 is 2.37 bits per heavy atom. The Kier molecular flexibility index (Phi) is 9.30. The van der Waals surface area contributed by atoms with Crippen LogP contribution in [0, 0.1) is 11.7 Å². The summed E-state index contributed by atoms with van der Waals surface area (Å²) in [4.78, 5) is 50.5. The van der Waals surface area contributed by atoms with Gasteiger partial charge < -0.3 is 30.7 Å². The molecule has 3 amide bonds. The number of halogens is 5. The van der Waals surface area contributed by atoms with E-state index < -0.39 is 29.2 Å². The van der Waals surface area contributed by atoms with Gasteiger partial charge >= 0.3 is 6.18 Å². The highest BCUT2D eigenvalue weighted by Crippen LogP contribution is 2.37. The summed E-state index contributed by atoms with van der Waals surface area (Å²) in [5.41, 5.74) is 3.60. The highest BCUT2D eigenvalue weighted by atomic mass is 35.5. The molecule has 0 radical (unpaired) electrons. The molecule has 0 atom stereocenters. The van der Waals surface area contributed by atoms with Crippen molar-refractivity contribution in [3.05, 3.63) is 70.8 Å². The van der Waals surface area contributed by atoms with Crippen molar-refractivity contribution in [1.82, 2.24) is 39.4 Å². The number of benzene rings is 1. The second kappa shape index (κ2) is 13.5. The van der Waals surface area contributed by atoms with E-state index in [1.807, 2.05) is 0 Å². The van der Waals surface area contributed by atoms with Crippen molar-refractivity contribution in [1.29, 1.82) is 0 Å². The summed E-state index contributed by atoms with van der Waals surface area (Å²) in [6.07, 6.45) is -0.356. The van der Waals surface area contributed by atoms with E-state index in [-0.39, 0.29) is 57.0 Å². The minimum absolute atomic E-state index is 0.00144. The fourth-order valence-electron chi connectivity index (χ4n) is 5.95. The highest BCUT2D eigenvalue weighted by Gasteiger charge is 2.39. The normalized spacial score (nSPS) is 15.8. The van der Waals surface area contributed by atoms with Crippen LogP contribution >= 0.6 is 11.6 Å². The minimum atomic E-state index is -4.93. The Labute approximate surface area is 282 Å². The maximum Gasteiger partial charge on any atom is 0.435 e. The molecule has 0 aliphatic carbocycles. The third kappa shape index (κ3) is 6.94. The predicted octanol–water partition coefficient (Wildman–Crippen LogP) is 3.60. The van der Waals surface area contributed by atoms with E-state index in [0.29, 0.717) is 30.9 Å². The van der Waals surface area contributed by atoms with E-state index in [1.165, 1.54) is 25.2 Å². The molecule has 4 aromatic rings.